The lowest BCUT2D eigenvalue weighted by atomic mass is 10.0. The fourth-order valence-corrected chi connectivity index (χ4v) is 2.63. The largest absolute Gasteiger partial charge is 0.326 e. The van der Waals surface area contributed by atoms with Gasteiger partial charge in [0.25, 0.3) is 0 Å². The zero-order valence-electron chi connectivity index (χ0n) is 10.2. The van der Waals surface area contributed by atoms with Crippen molar-refractivity contribution in [1.29, 1.82) is 0 Å². The maximum absolute atomic E-state index is 6.06. The molecular formula is C12H19N5. The van der Waals surface area contributed by atoms with Gasteiger partial charge in [0.2, 0.25) is 0 Å². The number of nitrogens with two attached hydrogens (primary N) is 1. The van der Waals surface area contributed by atoms with Crippen LogP contribution in [0.25, 0.3) is 0 Å². The molecule has 2 aliphatic heterocycles. The molecule has 0 bridgehead atoms. The Morgan fingerprint density at radius 3 is 3.12 bits per heavy atom. The van der Waals surface area contributed by atoms with Gasteiger partial charge < -0.3 is 16.0 Å². The van der Waals surface area contributed by atoms with Gasteiger partial charge in [-0.15, -0.1) is 0 Å². The van der Waals surface area contributed by atoms with Gasteiger partial charge in [0.05, 0.1) is 0 Å². The summed E-state index contributed by atoms with van der Waals surface area (Å²) >= 11 is 0. The third kappa shape index (κ3) is 2.06. The number of likely N-dealkylation sites (N-methyl/N-ethyl adjacent to an activating group) is 1. The van der Waals surface area contributed by atoms with Crippen LogP contribution in [0.1, 0.15) is 23.0 Å². The second-order valence-electron chi connectivity index (χ2n) is 5.12. The molecule has 3 heterocycles. The van der Waals surface area contributed by atoms with Crippen LogP contribution in [0.4, 0.5) is 0 Å². The SMILES string of the molecule is CN1CCc2nc(C3CNCC3N)ncc2C1. The van der Waals surface area contributed by atoms with E-state index >= 15 is 0 Å². The molecule has 5 nitrogen and oxygen atoms in total. The first-order valence-electron chi connectivity index (χ1n) is 6.23. The van der Waals surface area contributed by atoms with Gasteiger partial charge in [-0.2, -0.15) is 0 Å². The van der Waals surface area contributed by atoms with Crippen molar-refractivity contribution in [2.75, 3.05) is 26.7 Å². The van der Waals surface area contributed by atoms with Crippen LogP contribution in [0.2, 0.25) is 0 Å². The fraction of sp³-hybridized carbons (Fsp3) is 0.667. The highest BCUT2D eigenvalue weighted by Gasteiger charge is 2.28. The minimum atomic E-state index is 0.152. The third-order valence-corrected chi connectivity index (χ3v) is 3.74. The van der Waals surface area contributed by atoms with Crippen LogP contribution >= 0.6 is 0 Å². The quantitative estimate of drug-likeness (QED) is 0.683. The van der Waals surface area contributed by atoms with Crippen molar-refractivity contribution in [3.63, 3.8) is 0 Å². The predicted octanol–water partition coefficient (Wildman–Crippen LogP) is -0.521. The van der Waals surface area contributed by atoms with Crippen molar-refractivity contribution in [3.05, 3.63) is 23.3 Å². The molecule has 0 amide bonds. The van der Waals surface area contributed by atoms with E-state index in [1.807, 2.05) is 6.20 Å². The number of nitrogens with zero attached hydrogens (tertiary/aromatic N) is 3. The number of rotatable bonds is 1. The third-order valence-electron chi connectivity index (χ3n) is 3.74. The van der Waals surface area contributed by atoms with Crippen molar-refractivity contribution in [2.24, 2.45) is 5.73 Å². The molecule has 1 fully saturated rings. The predicted molar refractivity (Wildman–Crippen MR) is 65.7 cm³/mol. The Kier molecular flexibility index (Phi) is 2.82. The van der Waals surface area contributed by atoms with E-state index in [-0.39, 0.29) is 12.0 Å². The average Bonchev–Trinajstić information content (AvgIpc) is 2.75. The molecule has 1 aromatic rings. The lowest BCUT2D eigenvalue weighted by Gasteiger charge is -2.24. The van der Waals surface area contributed by atoms with E-state index < -0.39 is 0 Å². The molecule has 0 saturated carbocycles. The summed E-state index contributed by atoms with van der Waals surface area (Å²) < 4.78 is 0. The summed E-state index contributed by atoms with van der Waals surface area (Å²) in [5, 5.41) is 3.29. The molecule has 2 atom stereocenters. The highest BCUT2D eigenvalue weighted by Crippen LogP contribution is 2.21. The highest BCUT2D eigenvalue weighted by molar-refractivity contribution is 5.22. The van der Waals surface area contributed by atoms with E-state index in [1.54, 1.807) is 0 Å². The van der Waals surface area contributed by atoms with Gasteiger partial charge in [-0.3, -0.25) is 0 Å². The second kappa shape index (κ2) is 4.33. The first-order chi connectivity index (χ1) is 8.24. The van der Waals surface area contributed by atoms with Gasteiger partial charge in [-0.1, -0.05) is 0 Å². The maximum Gasteiger partial charge on any atom is 0.134 e. The molecule has 0 spiro atoms. The van der Waals surface area contributed by atoms with Crippen molar-refractivity contribution >= 4 is 0 Å². The van der Waals surface area contributed by atoms with Crippen LogP contribution in [-0.2, 0) is 13.0 Å². The molecule has 1 saturated heterocycles. The van der Waals surface area contributed by atoms with Gasteiger partial charge in [0.1, 0.15) is 5.82 Å². The maximum atomic E-state index is 6.06. The van der Waals surface area contributed by atoms with Crippen molar-refractivity contribution in [2.45, 2.75) is 24.9 Å². The highest BCUT2D eigenvalue weighted by atomic mass is 15.1. The van der Waals surface area contributed by atoms with E-state index in [2.05, 4.69) is 22.2 Å². The summed E-state index contributed by atoms with van der Waals surface area (Å²) in [5.74, 6) is 1.20. The second-order valence-corrected chi connectivity index (χ2v) is 5.12. The molecule has 1 aromatic heterocycles. The van der Waals surface area contributed by atoms with Crippen LogP contribution in [0, 0.1) is 0 Å². The van der Waals surface area contributed by atoms with Crippen LogP contribution in [0.3, 0.4) is 0 Å². The Morgan fingerprint density at radius 1 is 1.47 bits per heavy atom. The Bertz CT molecular complexity index is 419. The summed E-state index contributed by atoms with van der Waals surface area (Å²) in [6, 6.07) is 0.152. The average molecular weight is 233 g/mol. The zero-order valence-corrected chi connectivity index (χ0v) is 10.2. The molecule has 0 radical (unpaired) electrons. The molecule has 5 heteroatoms. The van der Waals surface area contributed by atoms with Crippen molar-refractivity contribution < 1.29 is 0 Å². The summed E-state index contributed by atoms with van der Waals surface area (Å²) in [5.41, 5.74) is 8.54. The monoisotopic (exact) mass is 233 g/mol. The van der Waals surface area contributed by atoms with Crippen molar-refractivity contribution in [3.8, 4) is 0 Å². The summed E-state index contributed by atoms with van der Waals surface area (Å²) in [6.45, 7) is 3.82. The molecule has 3 N–H and O–H groups in total. The number of aromatic nitrogens is 2. The Balaban J connectivity index is 1.88. The standard InChI is InChI=1S/C12H19N5/c1-17-3-2-11-8(7-17)4-15-12(16-11)9-5-14-6-10(9)13/h4,9-10,14H,2-3,5-7,13H2,1H3. The van der Waals surface area contributed by atoms with Crippen LogP contribution < -0.4 is 11.1 Å². The van der Waals surface area contributed by atoms with Crippen LogP contribution in [0.15, 0.2) is 6.20 Å². The normalized spacial score (nSPS) is 29.3. The minimum absolute atomic E-state index is 0.152. The Hall–Kier alpha value is -1.04. The molecule has 17 heavy (non-hydrogen) atoms. The Labute approximate surface area is 101 Å². The van der Waals surface area contributed by atoms with E-state index in [4.69, 9.17) is 10.7 Å². The smallest absolute Gasteiger partial charge is 0.134 e. The van der Waals surface area contributed by atoms with Gasteiger partial charge in [0.15, 0.2) is 0 Å². The zero-order chi connectivity index (χ0) is 11.8. The van der Waals surface area contributed by atoms with E-state index in [1.165, 1.54) is 11.3 Å². The molecule has 92 valence electrons. The topological polar surface area (TPSA) is 67.1 Å². The molecular weight excluding hydrogens is 214 g/mol. The fourth-order valence-electron chi connectivity index (χ4n) is 2.63. The minimum Gasteiger partial charge on any atom is -0.326 e. The lowest BCUT2D eigenvalue weighted by Crippen LogP contribution is -2.31. The van der Waals surface area contributed by atoms with E-state index in [0.717, 1.165) is 38.4 Å². The number of nitrogens with one attached hydrogen (secondary N) is 1. The molecule has 2 aliphatic rings. The number of hydrogen-bond donors (Lipinski definition) is 2. The van der Waals surface area contributed by atoms with Crippen molar-refractivity contribution in [1.82, 2.24) is 20.2 Å². The van der Waals surface area contributed by atoms with Gasteiger partial charge in [-0.25, -0.2) is 9.97 Å². The molecule has 3 rings (SSSR count). The van der Waals surface area contributed by atoms with Crippen LogP contribution in [-0.4, -0.2) is 47.6 Å². The van der Waals surface area contributed by atoms with E-state index in [9.17, 15) is 0 Å². The summed E-state index contributed by atoms with van der Waals surface area (Å²) in [4.78, 5) is 11.5. The molecule has 0 aliphatic carbocycles. The Morgan fingerprint density at radius 2 is 2.35 bits per heavy atom. The first-order valence-corrected chi connectivity index (χ1v) is 6.23. The lowest BCUT2D eigenvalue weighted by molar-refractivity contribution is 0.308. The van der Waals surface area contributed by atoms with Gasteiger partial charge >= 0.3 is 0 Å². The molecule has 2 unspecified atom stereocenters. The van der Waals surface area contributed by atoms with Gasteiger partial charge in [0, 0.05) is 62.0 Å². The number of fused-ring (bicyclic) bond motifs is 1. The first kappa shape index (κ1) is 11.1. The molecule has 0 aromatic carbocycles. The number of hydrogen-bond acceptors (Lipinski definition) is 5. The van der Waals surface area contributed by atoms with Crippen LogP contribution in [0.5, 0.6) is 0 Å². The summed E-state index contributed by atoms with van der Waals surface area (Å²) in [7, 11) is 2.13. The van der Waals surface area contributed by atoms with E-state index in [0.29, 0.717) is 0 Å². The summed E-state index contributed by atoms with van der Waals surface area (Å²) in [6.07, 6.45) is 3.01. The van der Waals surface area contributed by atoms with Gasteiger partial charge in [-0.05, 0) is 7.05 Å².